The summed E-state index contributed by atoms with van der Waals surface area (Å²) in [7, 11) is 1.63. The highest BCUT2D eigenvalue weighted by molar-refractivity contribution is 6.09. The number of anilines is 1. The van der Waals surface area contributed by atoms with Crippen molar-refractivity contribution in [1.29, 1.82) is 0 Å². The van der Waals surface area contributed by atoms with Crippen LogP contribution in [0.1, 0.15) is 15.9 Å². The van der Waals surface area contributed by atoms with Gasteiger partial charge in [-0.2, -0.15) is 19.0 Å². The third-order valence-electron chi connectivity index (χ3n) is 6.47. The third kappa shape index (κ3) is 4.83. The molecule has 40 heavy (non-hydrogen) atoms. The minimum absolute atomic E-state index is 0.155. The van der Waals surface area contributed by atoms with E-state index >= 15 is 0 Å². The number of β-amino-alcohol motifs (C(OH)–C–C–N with tert-alkyl or cyclic N) is 1. The van der Waals surface area contributed by atoms with E-state index in [1.807, 2.05) is 0 Å². The molecule has 1 saturated heterocycles. The quantitative estimate of drug-likeness (QED) is 0.269. The monoisotopic (exact) mass is 547 g/mol. The topological polar surface area (TPSA) is 128 Å². The van der Waals surface area contributed by atoms with Gasteiger partial charge in [0.2, 0.25) is 0 Å². The Morgan fingerprint density at radius 2 is 2.00 bits per heavy atom. The summed E-state index contributed by atoms with van der Waals surface area (Å²) in [6, 6.07) is 13.0. The minimum atomic E-state index is -3.09. The number of aryl methyl sites for hydroxylation is 1. The van der Waals surface area contributed by atoms with Crippen molar-refractivity contribution in [3.05, 3.63) is 84.4 Å². The zero-order chi connectivity index (χ0) is 27.9. The second-order valence-electron chi connectivity index (χ2n) is 9.27. The van der Waals surface area contributed by atoms with Crippen molar-refractivity contribution < 1.29 is 28.2 Å². The summed E-state index contributed by atoms with van der Waals surface area (Å²) in [6.45, 7) is -2.23. The number of hydrogen-bond donors (Lipinski definition) is 3. The molecule has 2 aromatic carbocycles. The Bertz CT molecular complexity index is 1710. The summed E-state index contributed by atoms with van der Waals surface area (Å²) in [6.07, 6.45) is 6.13. The number of benzene rings is 2. The number of amides is 1. The second-order valence-corrected chi connectivity index (χ2v) is 9.27. The zero-order valence-corrected chi connectivity index (χ0v) is 21.1. The summed E-state index contributed by atoms with van der Waals surface area (Å²) < 4.78 is 40.3. The molecule has 1 aliphatic heterocycles. The maximum atomic E-state index is 13.3. The standard InChI is InChI=1S/C27H23F2N7O4/c1-35-13-21(33-25(37)20-12-32-36-9-3-8-31-24(20)36)23(34-35)19-11-18(6-7-22(19)40-26(28)29)39-17-5-2-4-16(10-17)27(38)14-30-15-27/h2-13,26,30,38H,14-15H2,1H3,(H,33,37). The van der Waals surface area contributed by atoms with Gasteiger partial charge in [0.05, 0.1) is 17.4 Å². The van der Waals surface area contributed by atoms with Gasteiger partial charge < -0.3 is 25.2 Å². The Kier molecular flexibility index (Phi) is 6.36. The molecule has 1 aliphatic rings. The summed E-state index contributed by atoms with van der Waals surface area (Å²) in [5, 5.41) is 25.0. The van der Waals surface area contributed by atoms with Crippen LogP contribution in [0.25, 0.3) is 16.9 Å². The van der Waals surface area contributed by atoms with Gasteiger partial charge >= 0.3 is 6.61 Å². The highest BCUT2D eigenvalue weighted by Crippen LogP contribution is 2.39. The Balaban J connectivity index is 1.34. The number of aliphatic hydroxyl groups is 1. The van der Waals surface area contributed by atoms with E-state index in [9.17, 15) is 18.7 Å². The highest BCUT2D eigenvalue weighted by Gasteiger charge is 2.36. The molecule has 1 amide bonds. The van der Waals surface area contributed by atoms with Gasteiger partial charge in [0.1, 0.15) is 34.1 Å². The van der Waals surface area contributed by atoms with E-state index in [0.29, 0.717) is 35.8 Å². The molecule has 0 bridgehead atoms. The average Bonchev–Trinajstić information content (AvgIpc) is 3.51. The number of alkyl halides is 2. The molecular formula is C27H23F2N7O4. The normalized spacial score (nSPS) is 14.2. The molecule has 0 atom stereocenters. The number of ether oxygens (including phenoxy) is 2. The van der Waals surface area contributed by atoms with E-state index in [1.165, 1.54) is 33.6 Å². The lowest BCUT2D eigenvalue weighted by Crippen LogP contribution is -2.56. The van der Waals surface area contributed by atoms with Crippen LogP contribution in [-0.4, -0.2) is 55.1 Å². The molecule has 3 N–H and O–H groups in total. The number of nitrogens with one attached hydrogen (secondary N) is 2. The smallest absolute Gasteiger partial charge is 0.387 e. The Morgan fingerprint density at radius 3 is 2.77 bits per heavy atom. The predicted octanol–water partition coefficient (Wildman–Crippen LogP) is 3.57. The first kappa shape index (κ1) is 25.4. The number of nitrogens with zero attached hydrogens (tertiary/aromatic N) is 5. The maximum Gasteiger partial charge on any atom is 0.387 e. The molecule has 6 rings (SSSR count). The first-order chi connectivity index (χ1) is 19.3. The number of halogens is 2. The minimum Gasteiger partial charge on any atom is -0.457 e. The van der Waals surface area contributed by atoms with Gasteiger partial charge in [-0.1, -0.05) is 12.1 Å². The fourth-order valence-electron chi connectivity index (χ4n) is 4.46. The van der Waals surface area contributed by atoms with Crippen molar-refractivity contribution in [1.82, 2.24) is 29.7 Å². The SMILES string of the molecule is Cn1cc(NC(=O)c2cnn3cccnc23)c(-c2cc(Oc3cccc(C4(O)CNC4)c3)ccc2OC(F)F)n1. The maximum absolute atomic E-state index is 13.3. The van der Waals surface area contributed by atoms with Crippen LogP contribution in [0.5, 0.6) is 17.2 Å². The molecule has 0 spiro atoms. The van der Waals surface area contributed by atoms with Crippen LogP contribution >= 0.6 is 0 Å². The Labute approximate surface area is 226 Å². The number of fused-ring (bicyclic) bond motifs is 1. The molecule has 3 aromatic heterocycles. The van der Waals surface area contributed by atoms with Crippen LogP contribution in [0.2, 0.25) is 0 Å². The number of hydrogen-bond acceptors (Lipinski definition) is 8. The molecular weight excluding hydrogens is 524 g/mol. The molecule has 0 saturated carbocycles. The van der Waals surface area contributed by atoms with E-state index in [4.69, 9.17) is 9.47 Å². The van der Waals surface area contributed by atoms with Crippen LogP contribution in [0.4, 0.5) is 14.5 Å². The van der Waals surface area contributed by atoms with Crippen LogP contribution in [0.3, 0.4) is 0 Å². The van der Waals surface area contributed by atoms with Crippen molar-refractivity contribution in [3.8, 4) is 28.5 Å². The van der Waals surface area contributed by atoms with E-state index in [1.54, 1.807) is 56.0 Å². The van der Waals surface area contributed by atoms with Crippen LogP contribution in [-0.2, 0) is 12.6 Å². The summed E-state index contributed by atoms with van der Waals surface area (Å²) in [4.78, 5) is 17.4. The van der Waals surface area contributed by atoms with Crippen molar-refractivity contribution in [2.45, 2.75) is 12.2 Å². The van der Waals surface area contributed by atoms with Gasteiger partial charge in [-0.25, -0.2) is 9.50 Å². The van der Waals surface area contributed by atoms with Gasteiger partial charge in [-0.05, 0) is 42.0 Å². The summed E-state index contributed by atoms with van der Waals surface area (Å²) >= 11 is 0. The third-order valence-corrected chi connectivity index (χ3v) is 6.47. The van der Waals surface area contributed by atoms with Gasteiger partial charge in [-0.3, -0.25) is 9.48 Å². The van der Waals surface area contributed by atoms with Gasteiger partial charge in [0, 0.05) is 38.7 Å². The van der Waals surface area contributed by atoms with E-state index in [0.717, 1.165) is 0 Å². The van der Waals surface area contributed by atoms with E-state index < -0.39 is 18.1 Å². The summed E-state index contributed by atoms with van der Waals surface area (Å²) in [5.41, 5.74) is 0.901. The van der Waals surface area contributed by atoms with Gasteiger partial charge in [0.15, 0.2) is 5.65 Å². The molecule has 5 aromatic rings. The average molecular weight is 548 g/mol. The van der Waals surface area contributed by atoms with E-state index in [2.05, 4.69) is 25.8 Å². The molecule has 0 radical (unpaired) electrons. The second kappa shape index (κ2) is 10.0. The lowest BCUT2D eigenvalue weighted by atomic mass is 9.88. The highest BCUT2D eigenvalue weighted by atomic mass is 19.3. The van der Waals surface area contributed by atoms with E-state index in [-0.39, 0.29) is 28.3 Å². The number of rotatable bonds is 8. The first-order valence-corrected chi connectivity index (χ1v) is 12.2. The fraction of sp³-hybridized carbons (Fsp3) is 0.185. The molecule has 11 nitrogen and oxygen atoms in total. The molecule has 1 fully saturated rings. The largest absolute Gasteiger partial charge is 0.457 e. The molecule has 13 heteroatoms. The summed E-state index contributed by atoms with van der Waals surface area (Å²) in [5.74, 6) is 0.0911. The Hall–Kier alpha value is -4.88. The van der Waals surface area contributed by atoms with Crippen molar-refractivity contribution in [2.75, 3.05) is 18.4 Å². The number of carbonyl (C=O) groups is 1. The molecule has 0 aliphatic carbocycles. The lowest BCUT2D eigenvalue weighted by molar-refractivity contribution is -0.0494. The zero-order valence-electron chi connectivity index (χ0n) is 21.1. The number of aromatic nitrogens is 5. The first-order valence-electron chi connectivity index (χ1n) is 12.2. The van der Waals surface area contributed by atoms with Gasteiger partial charge in [0.25, 0.3) is 5.91 Å². The number of carbonyl (C=O) groups excluding carboxylic acids is 1. The molecule has 0 unspecified atom stereocenters. The molecule has 4 heterocycles. The molecule has 204 valence electrons. The van der Waals surface area contributed by atoms with Gasteiger partial charge in [-0.15, -0.1) is 0 Å². The van der Waals surface area contributed by atoms with Crippen molar-refractivity contribution in [3.63, 3.8) is 0 Å². The van der Waals surface area contributed by atoms with Crippen molar-refractivity contribution >= 4 is 17.2 Å². The predicted molar refractivity (Wildman–Crippen MR) is 139 cm³/mol. The van der Waals surface area contributed by atoms with Crippen LogP contribution < -0.4 is 20.1 Å². The van der Waals surface area contributed by atoms with Crippen molar-refractivity contribution in [2.24, 2.45) is 7.05 Å². The van der Waals surface area contributed by atoms with Crippen LogP contribution in [0.15, 0.2) is 73.3 Å². The fourth-order valence-corrected chi connectivity index (χ4v) is 4.46. The van der Waals surface area contributed by atoms with Crippen LogP contribution in [0, 0.1) is 0 Å². The lowest BCUT2D eigenvalue weighted by Gasteiger charge is -2.38. The Morgan fingerprint density at radius 1 is 1.18 bits per heavy atom.